The van der Waals surface area contributed by atoms with Crippen molar-refractivity contribution in [3.63, 3.8) is 0 Å². The number of aromatic hydroxyl groups is 1. The predicted octanol–water partition coefficient (Wildman–Crippen LogP) is 2.11. The van der Waals surface area contributed by atoms with Crippen LogP contribution in [0.3, 0.4) is 0 Å². The molecule has 15 heavy (non-hydrogen) atoms. The summed E-state index contributed by atoms with van der Waals surface area (Å²) in [5.74, 6) is 0.160. The van der Waals surface area contributed by atoms with E-state index in [0.717, 1.165) is 5.69 Å². The van der Waals surface area contributed by atoms with Crippen molar-refractivity contribution < 1.29 is 5.11 Å². The quantitative estimate of drug-likeness (QED) is 0.395. The van der Waals surface area contributed by atoms with Crippen LogP contribution in [-0.4, -0.2) is 10.1 Å². The standard InChI is InChI=1S/C11H11N3O/c12-8-3-4-11(15)10(6-8)14-9-2-1-5-13-7-9/h1-7,14-15H,12H2. The predicted molar refractivity (Wildman–Crippen MR) is 60.0 cm³/mol. The first-order valence-corrected chi connectivity index (χ1v) is 4.51. The highest BCUT2D eigenvalue weighted by Crippen LogP contribution is 2.27. The summed E-state index contributed by atoms with van der Waals surface area (Å²) in [5, 5.41) is 12.6. The summed E-state index contributed by atoms with van der Waals surface area (Å²) >= 11 is 0. The molecule has 1 aromatic carbocycles. The van der Waals surface area contributed by atoms with E-state index < -0.39 is 0 Å². The van der Waals surface area contributed by atoms with Crippen LogP contribution in [0.5, 0.6) is 5.75 Å². The van der Waals surface area contributed by atoms with E-state index in [2.05, 4.69) is 10.3 Å². The molecule has 0 unspecified atom stereocenters. The van der Waals surface area contributed by atoms with Crippen LogP contribution in [-0.2, 0) is 0 Å². The Balaban J connectivity index is 2.28. The third kappa shape index (κ3) is 2.17. The van der Waals surface area contributed by atoms with Crippen molar-refractivity contribution in [1.29, 1.82) is 0 Å². The topological polar surface area (TPSA) is 71.2 Å². The van der Waals surface area contributed by atoms with Gasteiger partial charge in [0.2, 0.25) is 0 Å². The molecular weight excluding hydrogens is 190 g/mol. The normalized spacial score (nSPS) is 9.87. The smallest absolute Gasteiger partial charge is 0.139 e. The van der Waals surface area contributed by atoms with Crippen LogP contribution in [0.25, 0.3) is 0 Å². The van der Waals surface area contributed by atoms with Gasteiger partial charge >= 0.3 is 0 Å². The van der Waals surface area contributed by atoms with Gasteiger partial charge in [0.05, 0.1) is 17.6 Å². The first-order chi connectivity index (χ1) is 7.25. The van der Waals surface area contributed by atoms with E-state index in [-0.39, 0.29) is 5.75 Å². The van der Waals surface area contributed by atoms with Crippen LogP contribution in [0.1, 0.15) is 0 Å². The zero-order valence-electron chi connectivity index (χ0n) is 8.01. The maximum atomic E-state index is 9.56. The van der Waals surface area contributed by atoms with E-state index in [0.29, 0.717) is 11.4 Å². The minimum Gasteiger partial charge on any atom is -0.506 e. The second-order valence-corrected chi connectivity index (χ2v) is 3.14. The molecule has 0 bridgehead atoms. The van der Waals surface area contributed by atoms with Gasteiger partial charge in [0.1, 0.15) is 5.75 Å². The average molecular weight is 201 g/mol. The van der Waals surface area contributed by atoms with Gasteiger partial charge < -0.3 is 16.2 Å². The Morgan fingerprint density at radius 2 is 2.13 bits per heavy atom. The van der Waals surface area contributed by atoms with Crippen LogP contribution in [0, 0.1) is 0 Å². The van der Waals surface area contributed by atoms with Crippen LogP contribution >= 0.6 is 0 Å². The Labute approximate surface area is 87.4 Å². The lowest BCUT2D eigenvalue weighted by atomic mass is 10.2. The number of rotatable bonds is 2. The summed E-state index contributed by atoms with van der Waals surface area (Å²) in [6.45, 7) is 0. The minimum atomic E-state index is 0.160. The lowest BCUT2D eigenvalue weighted by Gasteiger charge is -2.08. The van der Waals surface area contributed by atoms with Gasteiger partial charge in [0.15, 0.2) is 0 Å². The molecule has 0 saturated carbocycles. The van der Waals surface area contributed by atoms with E-state index in [1.807, 2.05) is 12.1 Å². The number of nitrogens with two attached hydrogens (primary N) is 1. The highest BCUT2D eigenvalue weighted by molar-refractivity contribution is 5.69. The van der Waals surface area contributed by atoms with E-state index >= 15 is 0 Å². The molecule has 0 saturated heterocycles. The van der Waals surface area contributed by atoms with Crippen LogP contribution in [0.15, 0.2) is 42.7 Å². The monoisotopic (exact) mass is 201 g/mol. The number of phenols is 1. The van der Waals surface area contributed by atoms with Crippen LogP contribution in [0.2, 0.25) is 0 Å². The summed E-state index contributed by atoms with van der Waals surface area (Å²) in [5.41, 5.74) is 7.59. The average Bonchev–Trinajstić information content (AvgIpc) is 2.25. The highest BCUT2D eigenvalue weighted by Gasteiger charge is 2.01. The molecular formula is C11H11N3O. The van der Waals surface area contributed by atoms with Gasteiger partial charge in [0, 0.05) is 11.9 Å². The molecule has 0 fully saturated rings. The summed E-state index contributed by atoms with van der Waals surface area (Å²) in [7, 11) is 0. The van der Waals surface area contributed by atoms with Crippen molar-refractivity contribution in [2.45, 2.75) is 0 Å². The van der Waals surface area contributed by atoms with Crippen LogP contribution < -0.4 is 11.1 Å². The number of anilines is 3. The SMILES string of the molecule is Nc1ccc(O)c(Nc2cccnc2)c1. The first kappa shape index (κ1) is 9.33. The minimum absolute atomic E-state index is 0.160. The number of benzene rings is 1. The second kappa shape index (κ2) is 3.88. The molecule has 0 amide bonds. The number of aromatic nitrogens is 1. The summed E-state index contributed by atoms with van der Waals surface area (Å²) in [6, 6.07) is 8.53. The Kier molecular flexibility index (Phi) is 2.41. The molecule has 0 spiro atoms. The number of pyridine rings is 1. The van der Waals surface area contributed by atoms with E-state index in [1.54, 1.807) is 30.6 Å². The summed E-state index contributed by atoms with van der Waals surface area (Å²) in [6.07, 6.45) is 3.35. The Hall–Kier alpha value is -2.23. The number of hydrogen-bond donors (Lipinski definition) is 3. The Morgan fingerprint density at radius 1 is 1.27 bits per heavy atom. The highest BCUT2D eigenvalue weighted by atomic mass is 16.3. The van der Waals surface area contributed by atoms with E-state index in [1.165, 1.54) is 0 Å². The van der Waals surface area contributed by atoms with E-state index in [9.17, 15) is 5.11 Å². The van der Waals surface area contributed by atoms with Gasteiger partial charge in [-0.1, -0.05) is 0 Å². The second-order valence-electron chi connectivity index (χ2n) is 3.14. The number of nitrogens with zero attached hydrogens (tertiary/aromatic N) is 1. The molecule has 0 aliphatic heterocycles. The molecule has 0 aliphatic carbocycles. The third-order valence-corrected chi connectivity index (χ3v) is 1.96. The Bertz CT molecular complexity index is 457. The maximum Gasteiger partial charge on any atom is 0.139 e. The Morgan fingerprint density at radius 3 is 2.87 bits per heavy atom. The third-order valence-electron chi connectivity index (χ3n) is 1.96. The first-order valence-electron chi connectivity index (χ1n) is 4.51. The molecule has 4 heteroatoms. The van der Waals surface area contributed by atoms with Crippen molar-refractivity contribution in [3.8, 4) is 5.75 Å². The van der Waals surface area contributed by atoms with Gasteiger partial charge in [-0.05, 0) is 30.3 Å². The number of phenolic OH excluding ortho intramolecular Hbond substituents is 1. The lowest BCUT2D eigenvalue weighted by molar-refractivity contribution is 0.478. The fourth-order valence-corrected chi connectivity index (χ4v) is 1.25. The molecule has 2 aromatic rings. The van der Waals surface area contributed by atoms with Gasteiger partial charge in [0.25, 0.3) is 0 Å². The fourth-order valence-electron chi connectivity index (χ4n) is 1.25. The molecule has 4 N–H and O–H groups in total. The van der Waals surface area contributed by atoms with Crippen molar-refractivity contribution in [1.82, 2.24) is 4.98 Å². The molecule has 1 aromatic heterocycles. The molecule has 0 radical (unpaired) electrons. The summed E-state index contributed by atoms with van der Waals surface area (Å²) in [4.78, 5) is 3.96. The van der Waals surface area contributed by atoms with Crippen molar-refractivity contribution >= 4 is 17.1 Å². The molecule has 0 aliphatic rings. The van der Waals surface area contributed by atoms with Gasteiger partial charge in [-0.25, -0.2) is 0 Å². The van der Waals surface area contributed by atoms with Crippen molar-refractivity contribution in [2.75, 3.05) is 11.1 Å². The molecule has 4 nitrogen and oxygen atoms in total. The molecule has 2 rings (SSSR count). The van der Waals surface area contributed by atoms with Crippen molar-refractivity contribution in [2.24, 2.45) is 0 Å². The molecule has 0 atom stereocenters. The zero-order chi connectivity index (χ0) is 10.7. The van der Waals surface area contributed by atoms with Gasteiger partial charge in [-0.2, -0.15) is 0 Å². The largest absolute Gasteiger partial charge is 0.506 e. The number of hydrogen-bond acceptors (Lipinski definition) is 4. The van der Waals surface area contributed by atoms with Crippen LogP contribution in [0.4, 0.5) is 17.1 Å². The van der Waals surface area contributed by atoms with Gasteiger partial charge in [-0.3, -0.25) is 4.98 Å². The van der Waals surface area contributed by atoms with E-state index in [4.69, 9.17) is 5.73 Å². The summed E-state index contributed by atoms with van der Waals surface area (Å²) < 4.78 is 0. The maximum absolute atomic E-state index is 9.56. The molecule has 1 heterocycles. The molecule has 76 valence electrons. The fraction of sp³-hybridized carbons (Fsp3) is 0. The van der Waals surface area contributed by atoms with Gasteiger partial charge in [-0.15, -0.1) is 0 Å². The zero-order valence-corrected chi connectivity index (χ0v) is 8.01. The number of nitrogen functional groups attached to an aromatic ring is 1. The number of nitrogens with one attached hydrogen (secondary N) is 1. The van der Waals surface area contributed by atoms with Crippen molar-refractivity contribution in [3.05, 3.63) is 42.7 Å². The lowest BCUT2D eigenvalue weighted by Crippen LogP contribution is -1.93.